The zero-order valence-electron chi connectivity index (χ0n) is 18.8. The molecule has 0 radical (unpaired) electrons. The number of methoxy groups -OCH3 is 1. The van der Waals surface area contributed by atoms with E-state index < -0.39 is 0 Å². The van der Waals surface area contributed by atoms with Crippen LogP contribution in [0.5, 0.6) is 5.75 Å². The Kier molecular flexibility index (Phi) is 6.23. The maximum atomic E-state index is 13.4. The number of aromatic nitrogens is 1. The van der Waals surface area contributed by atoms with Gasteiger partial charge in [-0.1, -0.05) is 29.8 Å². The summed E-state index contributed by atoms with van der Waals surface area (Å²) in [5, 5.41) is 0.713. The second-order valence-electron chi connectivity index (χ2n) is 8.06. The summed E-state index contributed by atoms with van der Waals surface area (Å²) in [4.78, 5) is 22.0. The first kappa shape index (κ1) is 22.0. The van der Waals surface area contributed by atoms with E-state index in [1.165, 1.54) is 0 Å². The predicted octanol–water partition coefficient (Wildman–Crippen LogP) is 5.63. The van der Waals surface area contributed by atoms with Crippen LogP contribution < -0.4 is 9.64 Å². The molecule has 7 heteroatoms. The molecule has 0 saturated carbocycles. The number of piperazine rings is 1. The highest BCUT2D eigenvalue weighted by Crippen LogP contribution is 2.30. The summed E-state index contributed by atoms with van der Waals surface area (Å²) in [6.07, 6.45) is 1.68. The molecule has 172 valence electrons. The number of hydrogen-bond donors (Lipinski definition) is 0. The molecule has 5 rings (SSSR count). The highest BCUT2D eigenvalue weighted by molar-refractivity contribution is 6.30. The van der Waals surface area contributed by atoms with Gasteiger partial charge in [0.2, 0.25) is 5.89 Å². The zero-order chi connectivity index (χ0) is 23.5. The summed E-state index contributed by atoms with van der Waals surface area (Å²) in [6, 6.07) is 22.9. The van der Waals surface area contributed by atoms with Crippen LogP contribution in [-0.2, 0) is 0 Å². The summed E-state index contributed by atoms with van der Waals surface area (Å²) in [5.41, 5.74) is 3.23. The molecule has 2 heterocycles. The Labute approximate surface area is 203 Å². The second-order valence-corrected chi connectivity index (χ2v) is 8.50. The first-order chi connectivity index (χ1) is 16.6. The zero-order valence-corrected chi connectivity index (χ0v) is 19.5. The molecule has 1 amide bonds. The van der Waals surface area contributed by atoms with Crippen LogP contribution in [0.3, 0.4) is 0 Å². The molecule has 0 atom stereocenters. The van der Waals surface area contributed by atoms with Gasteiger partial charge < -0.3 is 19.0 Å². The van der Waals surface area contributed by atoms with E-state index in [9.17, 15) is 4.79 Å². The van der Waals surface area contributed by atoms with Crippen molar-refractivity contribution in [3.05, 3.63) is 89.6 Å². The molecular formula is C27H24ClN3O3. The Morgan fingerprint density at radius 2 is 1.74 bits per heavy atom. The van der Waals surface area contributed by atoms with Crippen LogP contribution in [0.2, 0.25) is 5.02 Å². The van der Waals surface area contributed by atoms with Gasteiger partial charge in [-0.25, -0.2) is 4.98 Å². The van der Waals surface area contributed by atoms with Crippen molar-refractivity contribution >= 4 is 23.2 Å². The lowest BCUT2D eigenvalue weighted by Gasteiger charge is -2.36. The first-order valence-corrected chi connectivity index (χ1v) is 11.5. The summed E-state index contributed by atoms with van der Waals surface area (Å²) >= 11 is 6.14. The summed E-state index contributed by atoms with van der Waals surface area (Å²) in [7, 11) is 1.63. The standard InChI is InChI=1S/C27H24ClN3O3/c1-33-22-11-9-19(10-12-22)25-18-29-26(34-25)23-7-2-3-8-24(23)27(32)31-15-13-30(14-16-31)21-6-4-5-20(28)17-21/h2-12,17-18H,13-16H2,1H3. The van der Waals surface area contributed by atoms with Crippen molar-refractivity contribution in [2.75, 3.05) is 38.2 Å². The third-order valence-corrected chi connectivity index (χ3v) is 6.24. The number of halogens is 1. The van der Waals surface area contributed by atoms with Crippen LogP contribution in [0.4, 0.5) is 5.69 Å². The monoisotopic (exact) mass is 473 g/mol. The maximum absolute atomic E-state index is 13.4. The minimum absolute atomic E-state index is 0.0226. The number of hydrogen-bond acceptors (Lipinski definition) is 5. The van der Waals surface area contributed by atoms with Crippen molar-refractivity contribution in [2.45, 2.75) is 0 Å². The van der Waals surface area contributed by atoms with E-state index in [1.54, 1.807) is 13.3 Å². The Bertz CT molecular complexity index is 1290. The Morgan fingerprint density at radius 1 is 0.971 bits per heavy atom. The minimum Gasteiger partial charge on any atom is -0.497 e. The Hall–Kier alpha value is -3.77. The molecular weight excluding hydrogens is 450 g/mol. The number of carbonyl (C=O) groups excluding carboxylic acids is 1. The van der Waals surface area contributed by atoms with Gasteiger partial charge in [-0.3, -0.25) is 4.79 Å². The lowest BCUT2D eigenvalue weighted by molar-refractivity contribution is 0.0747. The van der Waals surface area contributed by atoms with Gasteiger partial charge in [-0.05, 0) is 54.6 Å². The molecule has 3 aromatic carbocycles. The maximum Gasteiger partial charge on any atom is 0.254 e. The molecule has 1 aliphatic rings. The molecule has 1 aliphatic heterocycles. The van der Waals surface area contributed by atoms with Crippen molar-refractivity contribution in [2.24, 2.45) is 0 Å². The highest BCUT2D eigenvalue weighted by Gasteiger charge is 2.25. The quantitative estimate of drug-likeness (QED) is 0.376. The molecule has 0 N–H and O–H groups in total. The SMILES string of the molecule is COc1ccc(-c2cnc(-c3ccccc3C(=O)N3CCN(c4cccc(Cl)c4)CC3)o2)cc1. The van der Waals surface area contributed by atoms with Crippen molar-refractivity contribution in [3.63, 3.8) is 0 Å². The number of nitrogens with zero attached hydrogens (tertiary/aromatic N) is 3. The van der Waals surface area contributed by atoms with Crippen LogP contribution in [0.1, 0.15) is 10.4 Å². The fraction of sp³-hybridized carbons (Fsp3) is 0.185. The second kappa shape index (κ2) is 9.61. The van der Waals surface area contributed by atoms with Gasteiger partial charge in [0.05, 0.1) is 18.9 Å². The van der Waals surface area contributed by atoms with E-state index in [0.29, 0.717) is 40.9 Å². The van der Waals surface area contributed by atoms with Gasteiger partial charge >= 0.3 is 0 Å². The number of rotatable bonds is 5. The number of oxazole rings is 1. The van der Waals surface area contributed by atoms with Crippen LogP contribution in [0.15, 0.2) is 83.4 Å². The van der Waals surface area contributed by atoms with Crippen molar-refractivity contribution in [3.8, 4) is 28.5 Å². The van der Waals surface area contributed by atoms with Crippen LogP contribution in [0.25, 0.3) is 22.8 Å². The minimum atomic E-state index is -0.0226. The summed E-state index contributed by atoms with van der Waals surface area (Å²) in [5.74, 6) is 1.81. The number of benzene rings is 3. The Balaban J connectivity index is 1.33. The van der Waals surface area contributed by atoms with E-state index in [0.717, 1.165) is 30.1 Å². The molecule has 6 nitrogen and oxygen atoms in total. The average Bonchev–Trinajstić information content (AvgIpc) is 3.39. The van der Waals surface area contributed by atoms with Crippen molar-refractivity contribution in [1.29, 1.82) is 0 Å². The van der Waals surface area contributed by atoms with E-state index in [4.69, 9.17) is 20.8 Å². The molecule has 1 fully saturated rings. The normalized spacial score (nSPS) is 13.7. The van der Waals surface area contributed by atoms with Crippen LogP contribution in [-0.4, -0.2) is 49.1 Å². The van der Waals surface area contributed by atoms with E-state index in [-0.39, 0.29) is 5.91 Å². The van der Waals surface area contributed by atoms with Gasteiger partial charge in [-0.15, -0.1) is 0 Å². The summed E-state index contributed by atoms with van der Waals surface area (Å²) < 4.78 is 11.3. The van der Waals surface area contributed by atoms with Gasteiger partial charge in [0.15, 0.2) is 5.76 Å². The van der Waals surface area contributed by atoms with E-state index >= 15 is 0 Å². The molecule has 4 aromatic rings. The Morgan fingerprint density at radius 3 is 2.47 bits per heavy atom. The molecule has 0 bridgehead atoms. The fourth-order valence-corrected chi connectivity index (χ4v) is 4.34. The third-order valence-electron chi connectivity index (χ3n) is 6.01. The largest absolute Gasteiger partial charge is 0.497 e. The lowest BCUT2D eigenvalue weighted by Crippen LogP contribution is -2.48. The average molecular weight is 474 g/mol. The third kappa shape index (κ3) is 4.50. The van der Waals surface area contributed by atoms with Gasteiger partial charge in [0.1, 0.15) is 5.75 Å². The molecule has 1 saturated heterocycles. The lowest BCUT2D eigenvalue weighted by atomic mass is 10.1. The molecule has 0 aliphatic carbocycles. The highest BCUT2D eigenvalue weighted by atomic mass is 35.5. The number of carbonyl (C=O) groups is 1. The molecule has 0 unspecified atom stereocenters. The van der Waals surface area contributed by atoms with Crippen LogP contribution >= 0.6 is 11.6 Å². The summed E-state index contributed by atoms with van der Waals surface area (Å²) in [6.45, 7) is 2.74. The fourth-order valence-electron chi connectivity index (χ4n) is 4.15. The van der Waals surface area contributed by atoms with Crippen molar-refractivity contribution in [1.82, 2.24) is 9.88 Å². The van der Waals surface area contributed by atoms with Gasteiger partial charge in [0, 0.05) is 48.0 Å². The van der Waals surface area contributed by atoms with Crippen LogP contribution in [0, 0.1) is 0 Å². The number of ether oxygens (including phenoxy) is 1. The molecule has 1 aromatic heterocycles. The van der Waals surface area contributed by atoms with E-state index in [2.05, 4.69) is 9.88 Å². The van der Waals surface area contributed by atoms with Crippen molar-refractivity contribution < 1.29 is 13.9 Å². The smallest absolute Gasteiger partial charge is 0.254 e. The first-order valence-electron chi connectivity index (χ1n) is 11.1. The number of amides is 1. The van der Waals surface area contributed by atoms with Gasteiger partial charge in [0.25, 0.3) is 5.91 Å². The number of anilines is 1. The van der Waals surface area contributed by atoms with E-state index in [1.807, 2.05) is 77.7 Å². The molecule has 34 heavy (non-hydrogen) atoms. The predicted molar refractivity (Wildman–Crippen MR) is 133 cm³/mol. The topological polar surface area (TPSA) is 58.8 Å². The van der Waals surface area contributed by atoms with Gasteiger partial charge in [-0.2, -0.15) is 0 Å². The molecule has 0 spiro atoms.